The van der Waals surface area contributed by atoms with E-state index >= 15 is 0 Å². The Hall–Kier alpha value is -2.27. The van der Waals surface area contributed by atoms with Gasteiger partial charge in [-0.15, -0.1) is 21.5 Å². The van der Waals surface area contributed by atoms with E-state index in [0.717, 1.165) is 28.3 Å². The van der Waals surface area contributed by atoms with E-state index in [-0.39, 0.29) is 5.41 Å². The third-order valence-corrected chi connectivity index (χ3v) is 6.57. The van der Waals surface area contributed by atoms with Gasteiger partial charge in [0, 0.05) is 10.4 Å². The van der Waals surface area contributed by atoms with Crippen LogP contribution in [0.3, 0.4) is 0 Å². The van der Waals surface area contributed by atoms with Crippen LogP contribution in [0.2, 0.25) is 0 Å². The van der Waals surface area contributed by atoms with Gasteiger partial charge in [0.15, 0.2) is 11.5 Å². The van der Waals surface area contributed by atoms with Gasteiger partial charge in [-0.3, -0.25) is 4.40 Å². The highest BCUT2D eigenvalue weighted by molar-refractivity contribution is 7.19. The molecule has 0 saturated carbocycles. The Kier molecular flexibility index (Phi) is 3.44. The van der Waals surface area contributed by atoms with E-state index in [1.54, 1.807) is 0 Å². The summed E-state index contributed by atoms with van der Waals surface area (Å²) in [4.78, 5) is 7.33. The van der Waals surface area contributed by atoms with Crippen molar-refractivity contribution < 1.29 is 0 Å². The fourth-order valence-corrected chi connectivity index (χ4v) is 5.09. The maximum atomic E-state index is 4.73. The zero-order valence-electron chi connectivity index (χ0n) is 15.4. The first-order valence-corrected chi connectivity index (χ1v) is 10.1. The fraction of sp³-hybridized carbons (Fsp3) is 0.381. The summed E-state index contributed by atoms with van der Waals surface area (Å²) in [5.41, 5.74) is 4.95. The van der Waals surface area contributed by atoms with E-state index in [9.17, 15) is 0 Å². The number of rotatable bonds is 1. The Labute approximate surface area is 156 Å². The molecule has 1 aromatic carbocycles. The molecule has 5 heteroatoms. The summed E-state index contributed by atoms with van der Waals surface area (Å²) in [6.45, 7) is 6.69. The molecule has 1 aliphatic rings. The normalized spacial score (nSPS) is 14.9. The molecule has 0 N–H and O–H groups in total. The van der Waals surface area contributed by atoms with Crippen LogP contribution in [0.15, 0.2) is 30.6 Å². The van der Waals surface area contributed by atoms with E-state index in [2.05, 4.69) is 59.6 Å². The first-order chi connectivity index (χ1) is 12.5. The predicted molar refractivity (Wildman–Crippen MR) is 107 cm³/mol. The summed E-state index contributed by atoms with van der Waals surface area (Å²) in [7, 11) is 0. The van der Waals surface area contributed by atoms with Gasteiger partial charge in [-0.05, 0) is 42.2 Å². The van der Waals surface area contributed by atoms with Gasteiger partial charge in [-0.1, -0.05) is 45.0 Å². The Bertz CT molecular complexity index is 1110. The molecule has 0 bridgehead atoms. The number of aryl methyl sites for hydroxylation is 2. The van der Waals surface area contributed by atoms with Crippen molar-refractivity contribution in [3.05, 3.63) is 46.6 Å². The van der Waals surface area contributed by atoms with Gasteiger partial charge in [0.2, 0.25) is 0 Å². The van der Waals surface area contributed by atoms with Crippen LogP contribution in [0.25, 0.3) is 27.3 Å². The first kappa shape index (κ1) is 15.9. The lowest BCUT2D eigenvalue weighted by molar-refractivity contribution is 0.590. The Balaban J connectivity index is 1.68. The summed E-state index contributed by atoms with van der Waals surface area (Å²) in [5.74, 6) is 0.866. The lowest BCUT2D eigenvalue weighted by Gasteiger charge is -2.18. The first-order valence-electron chi connectivity index (χ1n) is 9.27. The molecule has 3 heterocycles. The SMILES string of the molecule is CC(C)(C)c1ccc(-c2nnc3c4c5c(sc4ncn23)CCCC5)cc1. The summed E-state index contributed by atoms with van der Waals surface area (Å²) < 4.78 is 2.05. The minimum atomic E-state index is 0.148. The minimum Gasteiger partial charge on any atom is -0.265 e. The largest absolute Gasteiger partial charge is 0.265 e. The average molecular weight is 363 g/mol. The van der Waals surface area contributed by atoms with Gasteiger partial charge < -0.3 is 0 Å². The zero-order valence-corrected chi connectivity index (χ0v) is 16.2. The number of fused-ring (bicyclic) bond motifs is 5. The molecule has 0 atom stereocenters. The quantitative estimate of drug-likeness (QED) is 0.468. The Morgan fingerprint density at radius 2 is 1.77 bits per heavy atom. The van der Waals surface area contributed by atoms with Crippen molar-refractivity contribution in [2.24, 2.45) is 0 Å². The highest BCUT2D eigenvalue weighted by Crippen LogP contribution is 2.37. The molecule has 26 heavy (non-hydrogen) atoms. The van der Waals surface area contributed by atoms with E-state index < -0.39 is 0 Å². The van der Waals surface area contributed by atoms with Crippen molar-refractivity contribution >= 4 is 27.2 Å². The lowest BCUT2D eigenvalue weighted by atomic mass is 9.87. The van der Waals surface area contributed by atoms with Gasteiger partial charge in [-0.25, -0.2) is 4.98 Å². The van der Waals surface area contributed by atoms with Gasteiger partial charge in [-0.2, -0.15) is 0 Å². The van der Waals surface area contributed by atoms with E-state index in [1.165, 1.54) is 40.7 Å². The van der Waals surface area contributed by atoms with Gasteiger partial charge in [0.1, 0.15) is 11.2 Å². The van der Waals surface area contributed by atoms with Crippen LogP contribution in [0, 0.1) is 0 Å². The standard InChI is InChI=1S/C21H22N4S/c1-21(2,3)14-10-8-13(9-11-14)18-23-24-19-17-15-6-4-5-7-16(15)26-20(17)22-12-25(18)19/h8-12H,4-7H2,1-3H3. The zero-order chi connectivity index (χ0) is 17.9. The number of thiophene rings is 1. The third-order valence-electron chi connectivity index (χ3n) is 5.37. The molecule has 0 amide bonds. The topological polar surface area (TPSA) is 43.1 Å². The molecule has 0 unspecified atom stereocenters. The van der Waals surface area contributed by atoms with Crippen LogP contribution in [-0.4, -0.2) is 19.6 Å². The number of hydrogen-bond acceptors (Lipinski definition) is 4. The molecule has 0 aliphatic heterocycles. The van der Waals surface area contributed by atoms with Crippen molar-refractivity contribution in [3.63, 3.8) is 0 Å². The van der Waals surface area contributed by atoms with Gasteiger partial charge >= 0.3 is 0 Å². The maximum absolute atomic E-state index is 4.73. The number of benzene rings is 1. The van der Waals surface area contributed by atoms with E-state index in [4.69, 9.17) is 4.98 Å². The van der Waals surface area contributed by atoms with Crippen molar-refractivity contribution in [1.29, 1.82) is 0 Å². The Morgan fingerprint density at radius 3 is 2.54 bits per heavy atom. The second-order valence-corrected chi connectivity index (χ2v) is 9.26. The van der Waals surface area contributed by atoms with Crippen molar-refractivity contribution in [2.75, 3.05) is 0 Å². The second kappa shape index (κ2) is 5.61. The maximum Gasteiger partial charge on any atom is 0.172 e. The average Bonchev–Trinajstić information content (AvgIpc) is 3.21. The Morgan fingerprint density at radius 1 is 1.00 bits per heavy atom. The van der Waals surface area contributed by atoms with Crippen LogP contribution < -0.4 is 0 Å². The van der Waals surface area contributed by atoms with Gasteiger partial charge in [0.25, 0.3) is 0 Å². The summed E-state index contributed by atoms with van der Waals surface area (Å²) >= 11 is 1.83. The third kappa shape index (κ3) is 2.37. The van der Waals surface area contributed by atoms with Crippen molar-refractivity contribution in [2.45, 2.75) is 51.9 Å². The molecule has 3 aromatic heterocycles. The van der Waals surface area contributed by atoms with Crippen LogP contribution in [0.1, 0.15) is 49.6 Å². The minimum absolute atomic E-state index is 0.148. The van der Waals surface area contributed by atoms with Crippen LogP contribution in [-0.2, 0) is 18.3 Å². The molecule has 0 saturated heterocycles. The monoisotopic (exact) mass is 362 g/mol. The predicted octanol–water partition coefficient (Wildman–Crippen LogP) is 5.18. The van der Waals surface area contributed by atoms with Crippen LogP contribution >= 0.6 is 11.3 Å². The van der Waals surface area contributed by atoms with E-state index in [0.29, 0.717) is 0 Å². The molecule has 0 spiro atoms. The molecular formula is C21H22N4S. The van der Waals surface area contributed by atoms with Crippen LogP contribution in [0.4, 0.5) is 0 Å². The highest BCUT2D eigenvalue weighted by atomic mass is 32.1. The molecule has 4 aromatic rings. The molecule has 4 nitrogen and oxygen atoms in total. The summed E-state index contributed by atoms with van der Waals surface area (Å²) in [6.07, 6.45) is 6.74. The number of hydrogen-bond donors (Lipinski definition) is 0. The summed E-state index contributed by atoms with van der Waals surface area (Å²) in [5, 5.41) is 10.3. The molecular weight excluding hydrogens is 340 g/mol. The van der Waals surface area contributed by atoms with Gasteiger partial charge in [0.05, 0.1) is 5.39 Å². The number of aromatic nitrogens is 4. The van der Waals surface area contributed by atoms with E-state index in [1.807, 2.05) is 17.7 Å². The smallest absolute Gasteiger partial charge is 0.172 e. The fourth-order valence-electron chi connectivity index (χ4n) is 3.87. The van der Waals surface area contributed by atoms with Crippen molar-refractivity contribution in [1.82, 2.24) is 19.6 Å². The number of nitrogens with zero attached hydrogens (tertiary/aromatic N) is 4. The molecule has 0 radical (unpaired) electrons. The molecule has 1 aliphatic carbocycles. The van der Waals surface area contributed by atoms with Crippen molar-refractivity contribution in [3.8, 4) is 11.4 Å². The lowest BCUT2D eigenvalue weighted by Crippen LogP contribution is -2.10. The molecule has 132 valence electrons. The molecule has 5 rings (SSSR count). The molecule has 0 fully saturated rings. The summed E-state index contributed by atoms with van der Waals surface area (Å²) in [6, 6.07) is 8.66. The second-order valence-electron chi connectivity index (χ2n) is 8.18. The van der Waals surface area contributed by atoms with Crippen LogP contribution in [0.5, 0.6) is 0 Å². The highest BCUT2D eigenvalue weighted by Gasteiger charge is 2.21.